The molecule has 1 aliphatic heterocycles. The second-order valence-electron chi connectivity index (χ2n) is 10.7. The second-order valence-corrected chi connectivity index (χ2v) is 13.6. The molecule has 2 aliphatic rings. The Morgan fingerprint density at radius 1 is 0.718 bits per heavy atom. The fourth-order valence-corrected chi connectivity index (χ4v) is 10.3. The van der Waals surface area contributed by atoms with Crippen molar-refractivity contribution in [2.45, 2.75) is 70.6 Å². The summed E-state index contributed by atoms with van der Waals surface area (Å²) < 4.78 is 15.2. The van der Waals surface area contributed by atoms with Gasteiger partial charge in [0.1, 0.15) is 0 Å². The fourth-order valence-electron chi connectivity index (χ4n) is 6.38. The van der Waals surface area contributed by atoms with E-state index in [0.717, 1.165) is 24.4 Å². The Hall–Kier alpha value is -2.85. The van der Waals surface area contributed by atoms with Crippen LogP contribution in [0.3, 0.4) is 0 Å². The number of allylic oxidation sites excluding steroid dienone is 4. The number of benzene rings is 3. The summed E-state index contributed by atoms with van der Waals surface area (Å²) in [6, 6.07) is 27.3. The molecule has 0 saturated carbocycles. The average molecular weight is 578 g/mol. The van der Waals surface area contributed by atoms with E-state index in [1.807, 2.05) is 14.2 Å². The van der Waals surface area contributed by atoms with Gasteiger partial charge in [-0.2, -0.15) is 0 Å². The van der Waals surface area contributed by atoms with Crippen LogP contribution in [0.5, 0.6) is 5.75 Å². The summed E-state index contributed by atoms with van der Waals surface area (Å²) in [4.78, 5) is 0. The molecule has 0 unspecified atom stereocenters. The quantitative estimate of drug-likeness (QED) is 0.159. The van der Waals surface area contributed by atoms with Crippen molar-refractivity contribution in [3.8, 4) is 5.75 Å². The van der Waals surface area contributed by atoms with Crippen LogP contribution in [0, 0.1) is 0 Å². The van der Waals surface area contributed by atoms with E-state index in [0.29, 0.717) is 0 Å². The summed E-state index contributed by atoms with van der Waals surface area (Å²) in [5, 5.41) is 0. The summed E-state index contributed by atoms with van der Waals surface area (Å²) in [7, 11) is 3.67. The van der Waals surface area contributed by atoms with E-state index in [1.165, 1.54) is 71.9 Å². The molecule has 0 saturated heterocycles. The van der Waals surface area contributed by atoms with E-state index in [2.05, 4.69) is 92.7 Å². The van der Waals surface area contributed by atoms with Crippen molar-refractivity contribution in [3.05, 3.63) is 117 Å². The Morgan fingerprint density at radius 2 is 1.33 bits per heavy atom. The van der Waals surface area contributed by atoms with Gasteiger partial charge in [-0.05, 0) is 0 Å². The summed E-state index contributed by atoms with van der Waals surface area (Å²) in [5.74, 6) is 2.11. The Bertz CT molecular complexity index is 1340. The van der Waals surface area contributed by atoms with E-state index < -0.39 is 15.0 Å². The zero-order chi connectivity index (χ0) is 27.2. The van der Waals surface area contributed by atoms with Crippen LogP contribution in [-0.2, 0) is 16.6 Å². The Morgan fingerprint density at radius 3 is 1.90 bits per heavy atom. The molecular weight excluding hydrogens is 537 g/mol. The van der Waals surface area contributed by atoms with Crippen LogP contribution in [0.25, 0.3) is 5.57 Å². The number of rotatable bonds is 12. The maximum atomic E-state index is 6.07. The zero-order valence-electron chi connectivity index (χ0n) is 24.0. The van der Waals surface area contributed by atoms with Gasteiger partial charge in [0.25, 0.3) is 0 Å². The monoisotopic (exact) mass is 579 g/mol. The van der Waals surface area contributed by atoms with Gasteiger partial charge in [0.05, 0.1) is 0 Å². The predicted molar refractivity (Wildman–Crippen MR) is 166 cm³/mol. The van der Waals surface area contributed by atoms with Crippen molar-refractivity contribution in [1.82, 2.24) is 0 Å². The van der Waals surface area contributed by atoms with E-state index in [9.17, 15) is 0 Å². The fraction of sp³-hybridized carbons (Fsp3) is 0.361. The number of aryl methyl sites for hydroxylation is 1. The number of methoxy groups -OCH3 is 2. The van der Waals surface area contributed by atoms with Crippen molar-refractivity contribution in [3.63, 3.8) is 0 Å². The molecule has 2 nitrogen and oxygen atoms in total. The van der Waals surface area contributed by atoms with Crippen LogP contribution in [0.15, 0.2) is 89.0 Å². The van der Waals surface area contributed by atoms with Gasteiger partial charge in [-0.1, -0.05) is 0 Å². The van der Waals surface area contributed by atoms with Crippen molar-refractivity contribution in [2.75, 3.05) is 14.2 Å². The van der Waals surface area contributed by atoms with Gasteiger partial charge in [0, 0.05) is 0 Å². The topological polar surface area (TPSA) is 18.5 Å². The number of fused-ring (bicyclic) bond motifs is 2. The molecule has 1 radical (unpaired) electrons. The molecular formula is C36H41GeO2. The molecule has 3 aromatic carbocycles. The Labute approximate surface area is 241 Å². The van der Waals surface area contributed by atoms with Gasteiger partial charge in [-0.15, -0.1) is 0 Å². The summed E-state index contributed by atoms with van der Waals surface area (Å²) in [6.07, 6.45) is 11.9. The number of hydrogen-bond acceptors (Lipinski definition) is 2. The van der Waals surface area contributed by atoms with Crippen LogP contribution in [0.4, 0.5) is 0 Å². The molecule has 0 fully saturated rings. The zero-order valence-corrected chi connectivity index (χ0v) is 26.1. The van der Waals surface area contributed by atoms with Crippen molar-refractivity contribution < 1.29 is 9.47 Å². The molecule has 3 heteroatoms. The Kier molecular flexibility index (Phi) is 8.92. The number of unbranched alkanes of at least 4 members (excludes halogenated alkanes) is 4. The molecule has 0 aromatic heterocycles. The molecule has 0 spiro atoms. The van der Waals surface area contributed by atoms with Crippen LogP contribution >= 0.6 is 0 Å². The predicted octanol–water partition coefficient (Wildman–Crippen LogP) is 8.49. The summed E-state index contributed by atoms with van der Waals surface area (Å²) in [5.41, 5.74) is 7.81. The molecule has 5 rings (SSSR count). The van der Waals surface area contributed by atoms with Gasteiger partial charge in [-0.3, -0.25) is 0 Å². The Balaban J connectivity index is 1.82. The first-order valence-electron chi connectivity index (χ1n) is 14.6. The molecule has 0 N–H and O–H groups in total. The molecule has 0 atom stereocenters. The van der Waals surface area contributed by atoms with Gasteiger partial charge in [-0.25, -0.2) is 0 Å². The van der Waals surface area contributed by atoms with Crippen molar-refractivity contribution in [1.29, 1.82) is 0 Å². The molecule has 3 aromatic rings. The maximum absolute atomic E-state index is 6.07. The van der Waals surface area contributed by atoms with Crippen LogP contribution in [-0.4, -0.2) is 33.6 Å². The van der Waals surface area contributed by atoms with E-state index in [1.54, 1.807) is 8.76 Å². The van der Waals surface area contributed by atoms with Crippen LogP contribution in [0.2, 0.25) is 0 Å². The van der Waals surface area contributed by atoms with Gasteiger partial charge < -0.3 is 0 Å². The third-order valence-electron chi connectivity index (χ3n) is 8.32. The van der Waals surface area contributed by atoms with Gasteiger partial charge in [0.2, 0.25) is 0 Å². The first-order valence-corrected chi connectivity index (χ1v) is 16.7. The third-order valence-corrected chi connectivity index (χ3v) is 11.9. The number of hydrogen-bond donors (Lipinski definition) is 0. The third kappa shape index (κ3) is 5.09. The first kappa shape index (κ1) is 27.7. The number of ether oxygens (including phenoxy) is 2. The minimum atomic E-state index is -0.609. The van der Waals surface area contributed by atoms with Crippen LogP contribution in [0.1, 0.15) is 86.6 Å². The normalized spacial score (nSPS) is 15.4. The average Bonchev–Trinajstić information content (AvgIpc) is 3.26. The molecule has 0 amide bonds. The summed E-state index contributed by atoms with van der Waals surface area (Å²) in [6.45, 7) is 4.55. The van der Waals surface area contributed by atoms with Gasteiger partial charge >= 0.3 is 242 Å². The molecule has 1 heterocycles. The van der Waals surface area contributed by atoms with Gasteiger partial charge in [0.15, 0.2) is 0 Å². The van der Waals surface area contributed by atoms with E-state index in [-0.39, 0.29) is 5.41 Å². The SMILES string of the molecule is CCCCC[C]1=[Ge][C]2=C(C=C1OC)c1cc(OC)c(CCCCC)cc1C2(c1ccccc1)c1ccccc1. The molecule has 1 aliphatic carbocycles. The minimum absolute atomic E-state index is 0.301. The van der Waals surface area contributed by atoms with Crippen LogP contribution < -0.4 is 4.74 Å². The van der Waals surface area contributed by atoms with Crippen molar-refractivity contribution >= 4 is 24.9 Å². The second kappa shape index (κ2) is 12.6. The van der Waals surface area contributed by atoms with E-state index in [4.69, 9.17) is 9.47 Å². The van der Waals surface area contributed by atoms with E-state index >= 15 is 0 Å². The molecule has 39 heavy (non-hydrogen) atoms. The standard InChI is InChI=1S/C36H41GeO2/c1-5-7-11-17-26-23-31-29(24-33(26)38-3)30-25-34(39-4)32(22-12-8-6-2)37-35(30)36(31,27-18-13-9-14-19-27)28-20-15-10-16-21-28/h9-10,13-16,18-21,23-25H,5-8,11-12,17,22H2,1-4H3. The van der Waals surface area contributed by atoms with Crippen molar-refractivity contribution in [2.24, 2.45) is 0 Å². The first-order chi connectivity index (χ1) is 19.2. The molecule has 201 valence electrons. The molecule has 0 bridgehead atoms. The summed E-state index contributed by atoms with van der Waals surface area (Å²) >= 11 is -0.609.